The van der Waals surface area contributed by atoms with E-state index in [4.69, 9.17) is 4.74 Å². The number of benzene rings is 1. The van der Waals surface area contributed by atoms with Crippen molar-refractivity contribution in [2.75, 3.05) is 0 Å². The Morgan fingerprint density at radius 3 is 2.50 bits per heavy atom. The highest BCUT2D eigenvalue weighted by molar-refractivity contribution is 9.10. The number of carbonyl (C=O) groups excluding carboxylic acids is 2. The second kappa shape index (κ2) is 7.72. The van der Waals surface area contributed by atoms with Crippen LogP contribution in [0.15, 0.2) is 22.7 Å². The lowest BCUT2D eigenvalue weighted by Crippen LogP contribution is -2.39. The summed E-state index contributed by atoms with van der Waals surface area (Å²) in [6.45, 7) is 7.19. The lowest BCUT2D eigenvalue weighted by molar-refractivity contribution is 0.0500. The zero-order valence-electron chi connectivity index (χ0n) is 13.2. The summed E-state index contributed by atoms with van der Waals surface area (Å²) in [4.78, 5) is 24.0. The summed E-state index contributed by atoms with van der Waals surface area (Å²) in [6.07, 6.45) is 0.175. The smallest absolute Gasteiger partial charge is 0.407 e. The summed E-state index contributed by atoms with van der Waals surface area (Å²) < 4.78 is 18.6. The minimum atomic E-state index is -0.589. The Labute approximate surface area is 138 Å². The number of halogens is 2. The fourth-order valence-corrected chi connectivity index (χ4v) is 2.16. The third-order valence-corrected chi connectivity index (χ3v) is 3.49. The second-order valence-electron chi connectivity index (χ2n) is 6.01. The van der Waals surface area contributed by atoms with Crippen LogP contribution in [0.3, 0.4) is 0 Å². The van der Waals surface area contributed by atoms with E-state index in [1.54, 1.807) is 20.8 Å². The molecule has 0 saturated carbocycles. The van der Waals surface area contributed by atoms with Crippen LogP contribution in [0.2, 0.25) is 0 Å². The van der Waals surface area contributed by atoms with Gasteiger partial charge in [-0.05, 0) is 61.3 Å². The molecule has 0 spiro atoms. The highest BCUT2D eigenvalue weighted by Crippen LogP contribution is 2.18. The number of amides is 1. The van der Waals surface area contributed by atoms with Gasteiger partial charge in [0, 0.05) is 18.0 Å². The summed E-state index contributed by atoms with van der Waals surface area (Å²) >= 11 is 3.05. The molecule has 122 valence electrons. The van der Waals surface area contributed by atoms with Crippen LogP contribution in [0.1, 0.15) is 50.9 Å². The number of hydrogen-bond donors (Lipinski definition) is 1. The van der Waals surface area contributed by atoms with E-state index in [0.29, 0.717) is 12.0 Å². The summed E-state index contributed by atoms with van der Waals surface area (Å²) in [5, 5.41) is 2.68. The van der Waals surface area contributed by atoms with Crippen molar-refractivity contribution in [3.05, 3.63) is 34.1 Å². The minimum absolute atomic E-state index is 0.133. The SMILES string of the molecule is CCC(CC(=O)c1ccc(F)c(Br)c1)NC(=O)OC(C)(C)C. The topological polar surface area (TPSA) is 55.4 Å². The third kappa shape index (κ3) is 6.13. The molecule has 0 aliphatic rings. The van der Waals surface area contributed by atoms with Gasteiger partial charge in [0.15, 0.2) is 5.78 Å². The van der Waals surface area contributed by atoms with Gasteiger partial charge in [0.1, 0.15) is 11.4 Å². The van der Waals surface area contributed by atoms with Crippen molar-refractivity contribution in [1.29, 1.82) is 0 Å². The molecule has 0 fully saturated rings. The normalized spacial score (nSPS) is 12.6. The van der Waals surface area contributed by atoms with Crippen molar-refractivity contribution in [3.63, 3.8) is 0 Å². The average molecular weight is 374 g/mol. The maximum atomic E-state index is 13.2. The number of nitrogens with one attached hydrogen (secondary N) is 1. The predicted molar refractivity (Wildman–Crippen MR) is 86.5 cm³/mol. The van der Waals surface area contributed by atoms with E-state index in [2.05, 4.69) is 21.2 Å². The van der Waals surface area contributed by atoms with Crippen LogP contribution < -0.4 is 5.32 Å². The Morgan fingerprint density at radius 2 is 2.00 bits per heavy atom. The number of Topliss-reactive ketones (excluding diaryl/α,β-unsaturated/α-hetero) is 1. The molecule has 1 atom stereocenters. The van der Waals surface area contributed by atoms with E-state index in [1.165, 1.54) is 18.2 Å². The molecule has 1 aromatic rings. The first-order valence-corrected chi connectivity index (χ1v) is 7.89. The molecule has 1 unspecified atom stereocenters. The number of ketones is 1. The Balaban J connectivity index is 2.67. The van der Waals surface area contributed by atoms with E-state index >= 15 is 0 Å². The number of alkyl carbamates (subject to hydrolysis) is 1. The van der Waals surface area contributed by atoms with Gasteiger partial charge in [-0.1, -0.05) is 6.92 Å². The van der Waals surface area contributed by atoms with Crippen molar-refractivity contribution < 1.29 is 18.7 Å². The van der Waals surface area contributed by atoms with E-state index < -0.39 is 17.5 Å². The molecule has 0 radical (unpaired) electrons. The molecule has 6 heteroatoms. The number of rotatable bonds is 5. The van der Waals surface area contributed by atoms with Gasteiger partial charge in [-0.3, -0.25) is 4.79 Å². The van der Waals surface area contributed by atoms with Gasteiger partial charge in [0.05, 0.1) is 4.47 Å². The second-order valence-corrected chi connectivity index (χ2v) is 6.86. The summed E-state index contributed by atoms with van der Waals surface area (Å²) in [5.74, 6) is -0.584. The fourth-order valence-electron chi connectivity index (χ4n) is 1.78. The van der Waals surface area contributed by atoms with Gasteiger partial charge in [0.25, 0.3) is 0 Å². The van der Waals surface area contributed by atoms with Crippen LogP contribution in [-0.2, 0) is 4.74 Å². The average Bonchev–Trinajstić information content (AvgIpc) is 2.38. The van der Waals surface area contributed by atoms with Crippen LogP contribution in [0, 0.1) is 5.82 Å². The van der Waals surface area contributed by atoms with Crippen molar-refractivity contribution in [2.45, 2.75) is 52.2 Å². The van der Waals surface area contributed by atoms with E-state index in [-0.39, 0.29) is 22.7 Å². The lowest BCUT2D eigenvalue weighted by atomic mass is 10.0. The quantitative estimate of drug-likeness (QED) is 0.774. The highest BCUT2D eigenvalue weighted by Gasteiger charge is 2.21. The van der Waals surface area contributed by atoms with Crippen molar-refractivity contribution in [3.8, 4) is 0 Å². The monoisotopic (exact) mass is 373 g/mol. The Morgan fingerprint density at radius 1 is 1.36 bits per heavy atom. The standard InChI is InChI=1S/C16H21BrFNO3/c1-5-11(19-15(21)22-16(2,3)4)9-14(20)10-6-7-13(18)12(17)8-10/h6-8,11H,5,9H2,1-4H3,(H,19,21). The van der Waals surface area contributed by atoms with E-state index in [1.807, 2.05) is 6.92 Å². The van der Waals surface area contributed by atoms with Crippen molar-refractivity contribution in [1.82, 2.24) is 5.32 Å². The van der Waals surface area contributed by atoms with Crippen LogP contribution in [0.25, 0.3) is 0 Å². The summed E-state index contributed by atoms with van der Waals surface area (Å²) in [7, 11) is 0. The first-order valence-electron chi connectivity index (χ1n) is 7.10. The van der Waals surface area contributed by atoms with Gasteiger partial charge in [0.2, 0.25) is 0 Å². The van der Waals surface area contributed by atoms with Crippen LogP contribution in [0.4, 0.5) is 9.18 Å². The maximum Gasteiger partial charge on any atom is 0.407 e. The van der Waals surface area contributed by atoms with Gasteiger partial charge >= 0.3 is 6.09 Å². The first kappa shape index (κ1) is 18.6. The van der Waals surface area contributed by atoms with Crippen LogP contribution in [-0.4, -0.2) is 23.5 Å². The minimum Gasteiger partial charge on any atom is -0.444 e. The predicted octanol–water partition coefficient (Wildman–Crippen LogP) is 4.46. The van der Waals surface area contributed by atoms with Gasteiger partial charge in [-0.15, -0.1) is 0 Å². The van der Waals surface area contributed by atoms with Gasteiger partial charge in [-0.25, -0.2) is 9.18 Å². The van der Waals surface area contributed by atoms with Crippen molar-refractivity contribution in [2.24, 2.45) is 0 Å². The third-order valence-electron chi connectivity index (χ3n) is 2.89. The first-order chi connectivity index (χ1) is 10.1. The molecule has 0 bridgehead atoms. The highest BCUT2D eigenvalue weighted by atomic mass is 79.9. The molecule has 1 aromatic carbocycles. The van der Waals surface area contributed by atoms with Gasteiger partial charge in [-0.2, -0.15) is 0 Å². The summed E-state index contributed by atoms with van der Waals surface area (Å²) in [5.41, 5.74) is -0.188. The van der Waals surface area contributed by atoms with Crippen molar-refractivity contribution >= 4 is 27.8 Å². The molecule has 0 aromatic heterocycles. The zero-order valence-corrected chi connectivity index (χ0v) is 14.8. The molecular weight excluding hydrogens is 353 g/mol. The Hall–Kier alpha value is -1.43. The fraction of sp³-hybridized carbons (Fsp3) is 0.500. The molecule has 22 heavy (non-hydrogen) atoms. The molecule has 4 nitrogen and oxygen atoms in total. The molecule has 0 heterocycles. The number of hydrogen-bond acceptors (Lipinski definition) is 3. The maximum absolute atomic E-state index is 13.2. The largest absolute Gasteiger partial charge is 0.444 e. The molecule has 0 aliphatic heterocycles. The summed E-state index contributed by atoms with van der Waals surface area (Å²) in [6, 6.07) is 3.78. The molecule has 1 N–H and O–H groups in total. The molecule has 1 rings (SSSR count). The number of carbonyl (C=O) groups is 2. The Bertz CT molecular complexity index is 555. The van der Waals surface area contributed by atoms with Gasteiger partial charge < -0.3 is 10.1 Å². The molecular formula is C16H21BrFNO3. The molecule has 0 aliphatic carbocycles. The van der Waals surface area contributed by atoms with Crippen LogP contribution >= 0.6 is 15.9 Å². The lowest BCUT2D eigenvalue weighted by Gasteiger charge is -2.22. The molecule has 0 saturated heterocycles. The van der Waals surface area contributed by atoms with E-state index in [9.17, 15) is 14.0 Å². The Kier molecular flexibility index (Phi) is 6.53. The molecule has 1 amide bonds. The van der Waals surface area contributed by atoms with E-state index in [0.717, 1.165) is 0 Å². The van der Waals surface area contributed by atoms with Crippen LogP contribution in [0.5, 0.6) is 0 Å². The number of ether oxygens (including phenoxy) is 1. The zero-order chi connectivity index (χ0) is 16.9.